The van der Waals surface area contributed by atoms with Crippen molar-refractivity contribution in [1.29, 1.82) is 0 Å². The van der Waals surface area contributed by atoms with Gasteiger partial charge in [-0.1, -0.05) is 0 Å². The first-order valence-corrected chi connectivity index (χ1v) is 19.6. The summed E-state index contributed by atoms with van der Waals surface area (Å²) in [4.78, 5) is -0.283. The minimum atomic E-state index is -3.96. The van der Waals surface area contributed by atoms with E-state index in [2.05, 4.69) is 48.6 Å². The van der Waals surface area contributed by atoms with E-state index in [1.54, 1.807) is 0 Å². The van der Waals surface area contributed by atoms with Gasteiger partial charge < -0.3 is 31.3 Å². The fraction of sp³-hybridized carbons (Fsp3) is 0.185. The number of hydrogen-bond acceptors (Lipinski definition) is 25. The van der Waals surface area contributed by atoms with Crippen LogP contribution in [-0.2, 0) is 56.2 Å². The molecule has 0 aromatic heterocycles. The van der Waals surface area contributed by atoms with Gasteiger partial charge in [-0.25, -0.2) is 16.8 Å². The fourth-order valence-electron chi connectivity index (χ4n) is 4.27. The number of nitrogens with zero attached hydrogens (tertiary/aromatic N) is 4. The molecular weight excluding hydrogens is 896 g/mol. The maximum Gasteiger partial charge on any atom is 1.00 e. The number of fused-ring (bicyclic) bond motifs is 1. The van der Waals surface area contributed by atoms with Crippen LogP contribution in [0.3, 0.4) is 0 Å². The summed E-state index contributed by atoms with van der Waals surface area (Å²) in [7, 11) is -6.43. The standard InChI is InChI=1S/C27H27N5O17S5.3Na/c1-41-23-9-6-18(54(39,40)13-11-43-52-49-46-36)14-22(23)30-32-26-24(50-47-44-34)15-20-19(27(26)33)7-8-21(28)25(20)31-29-16-2-4-17(5-3-16)53(37,38)12-10-42-51-48-45-35;;;/h2-9,14-15,33-36H,10-13,28H2,1H3;;;/q;3*+1/p-3. The van der Waals surface area contributed by atoms with E-state index in [0.29, 0.717) is 12.0 Å². The predicted octanol–water partition coefficient (Wildman–Crippen LogP) is -5.64. The second-order valence-corrected chi connectivity index (χ2v) is 15.8. The van der Waals surface area contributed by atoms with E-state index in [1.165, 1.54) is 61.7 Å². The molecule has 0 atom stereocenters. The van der Waals surface area contributed by atoms with Crippen LogP contribution < -0.4 is 115 Å². The fourth-order valence-corrected chi connectivity index (χ4v) is 7.59. The zero-order valence-electron chi connectivity index (χ0n) is 30.0. The van der Waals surface area contributed by atoms with Crippen molar-refractivity contribution in [3.05, 3.63) is 60.7 Å². The van der Waals surface area contributed by atoms with Gasteiger partial charge in [0.2, 0.25) is 0 Å². The molecule has 57 heavy (non-hydrogen) atoms. The van der Waals surface area contributed by atoms with E-state index < -0.39 is 36.9 Å². The van der Waals surface area contributed by atoms with Gasteiger partial charge in [0.05, 0.1) is 69.9 Å². The molecule has 4 aromatic carbocycles. The van der Waals surface area contributed by atoms with Gasteiger partial charge >= 0.3 is 88.7 Å². The van der Waals surface area contributed by atoms with Gasteiger partial charge in [-0.05, 0) is 60.7 Å². The van der Waals surface area contributed by atoms with Crippen molar-refractivity contribution in [3.8, 4) is 11.5 Å². The Morgan fingerprint density at radius 1 is 0.684 bits per heavy atom. The van der Waals surface area contributed by atoms with Gasteiger partial charge in [0.1, 0.15) is 22.8 Å². The monoisotopic (exact) mass is 919 g/mol. The summed E-state index contributed by atoms with van der Waals surface area (Å²) >= 11 is 0.683. The summed E-state index contributed by atoms with van der Waals surface area (Å²) in [6.45, 7) is -0.674. The minimum Gasteiger partial charge on any atom is -0.691 e. The number of ether oxygens (including phenoxy) is 1. The Labute approximate surface area is 403 Å². The van der Waals surface area contributed by atoms with Crippen LogP contribution in [0.25, 0.3) is 10.8 Å². The smallest absolute Gasteiger partial charge is 0.691 e. The van der Waals surface area contributed by atoms with Crippen LogP contribution in [0.1, 0.15) is 0 Å². The second kappa shape index (κ2) is 27.2. The normalized spacial score (nSPS) is 11.7. The number of azo groups is 2. The maximum absolute atomic E-state index is 12.9. The number of anilines is 1. The third kappa shape index (κ3) is 15.9. The van der Waals surface area contributed by atoms with E-state index in [1.807, 2.05) is 0 Å². The Bertz CT molecular complexity index is 2180. The van der Waals surface area contributed by atoms with Gasteiger partial charge in [0, 0.05) is 10.8 Å². The van der Waals surface area contributed by atoms with Crippen molar-refractivity contribution in [2.45, 2.75) is 14.7 Å². The molecule has 0 spiro atoms. The number of rotatable bonds is 22. The van der Waals surface area contributed by atoms with Crippen molar-refractivity contribution in [3.63, 3.8) is 0 Å². The summed E-state index contributed by atoms with van der Waals surface area (Å²) in [5, 5.41) is 68.3. The number of benzene rings is 4. The molecule has 3 N–H and O–H groups in total. The quantitative estimate of drug-likeness (QED) is 0.0141. The number of aromatic hydroxyl groups is 1. The average Bonchev–Trinajstić information content (AvgIpc) is 3.16. The van der Waals surface area contributed by atoms with Crippen LogP contribution in [0.4, 0.5) is 28.4 Å². The molecule has 0 saturated heterocycles. The van der Waals surface area contributed by atoms with Crippen LogP contribution >= 0.6 is 36.7 Å². The van der Waals surface area contributed by atoms with Crippen molar-refractivity contribution in [1.82, 2.24) is 0 Å². The number of phenolic OH excluding ortho intramolecular Hbond substituents is 1. The molecule has 0 aliphatic rings. The SMILES string of the molecule is COc1ccc(S(=O)(=O)CCOSOO[O-])cc1N=Nc1c(SOO[O-])cc2c(N=Nc3ccc(S(=O)(=O)CCOSOO[O-])cc3)c(N)ccc2c1O.[Na+].[Na+].[Na+]. The Balaban J connectivity index is 0.00000541. The zero-order chi connectivity index (χ0) is 39.1. The van der Waals surface area contributed by atoms with Crippen molar-refractivity contribution < 1.29 is 168 Å². The van der Waals surface area contributed by atoms with Crippen molar-refractivity contribution in [2.24, 2.45) is 20.5 Å². The third-order valence-electron chi connectivity index (χ3n) is 6.69. The molecule has 0 aliphatic heterocycles. The maximum atomic E-state index is 12.9. The number of nitrogen functional groups attached to an aromatic ring is 1. The predicted molar refractivity (Wildman–Crippen MR) is 181 cm³/mol. The van der Waals surface area contributed by atoms with E-state index in [0.717, 1.165) is 6.07 Å². The molecule has 0 saturated carbocycles. The van der Waals surface area contributed by atoms with Gasteiger partial charge in [-0.2, -0.15) is 9.45 Å². The summed E-state index contributed by atoms with van der Waals surface area (Å²) in [5.74, 6) is -1.34. The molecule has 0 heterocycles. The first-order valence-electron chi connectivity index (χ1n) is 14.2. The van der Waals surface area contributed by atoms with Crippen molar-refractivity contribution >= 4 is 95.6 Å². The molecule has 0 unspecified atom stereocenters. The Kier molecular flexibility index (Phi) is 25.9. The Morgan fingerprint density at radius 2 is 1.25 bits per heavy atom. The molecular formula is C27H24N5Na3O17S5. The molecule has 0 radical (unpaired) electrons. The summed E-state index contributed by atoms with van der Waals surface area (Å²) < 4.78 is 78.0. The number of phenols is 1. The molecule has 30 heteroatoms. The largest absolute Gasteiger partial charge is 1.00 e. The zero-order valence-corrected chi connectivity index (χ0v) is 40.1. The first kappa shape index (κ1) is 54.3. The number of nitrogens with two attached hydrogens (primary N) is 1. The molecule has 22 nitrogen and oxygen atoms in total. The van der Waals surface area contributed by atoms with Crippen LogP contribution in [0.5, 0.6) is 11.5 Å². The van der Waals surface area contributed by atoms with Crippen LogP contribution in [0.2, 0.25) is 0 Å². The van der Waals surface area contributed by atoms with E-state index in [-0.39, 0.29) is 186 Å². The summed E-state index contributed by atoms with van der Waals surface area (Å²) in [6.07, 6.45) is 0. The number of sulfone groups is 2. The minimum absolute atomic E-state index is 0. The second-order valence-electron chi connectivity index (χ2n) is 9.81. The van der Waals surface area contributed by atoms with Crippen LogP contribution in [-0.4, -0.2) is 53.8 Å². The van der Waals surface area contributed by atoms with Gasteiger partial charge in [0.15, 0.2) is 50.1 Å². The molecule has 292 valence electrons. The van der Waals surface area contributed by atoms with Gasteiger partial charge in [-0.15, -0.1) is 24.0 Å². The summed E-state index contributed by atoms with van der Waals surface area (Å²) in [5.41, 5.74) is 6.27. The van der Waals surface area contributed by atoms with E-state index in [4.69, 9.17) is 18.8 Å². The summed E-state index contributed by atoms with van der Waals surface area (Å²) in [6, 6.07) is 13.3. The molecule has 0 aliphatic carbocycles. The Hall–Kier alpha value is -0.750. The van der Waals surface area contributed by atoms with Crippen LogP contribution in [0, 0.1) is 0 Å². The van der Waals surface area contributed by atoms with Crippen LogP contribution in [0.15, 0.2) is 95.8 Å². The van der Waals surface area contributed by atoms with Gasteiger partial charge in [0.25, 0.3) is 0 Å². The van der Waals surface area contributed by atoms with E-state index >= 15 is 0 Å². The number of methoxy groups -OCH3 is 1. The molecule has 4 aromatic rings. The average molecular weight is 920 g/mol. The Morgan fingerprint density at radius 3 is 1.82 bits per heavy atom. The van der Waals surface area contributed by atoms with E-state index in [9.17, 15) is 37.7 Å². The van der Waals surface area contributed by atoms with Gasteiger partial charge in [-0.3, -0.25) is 23.5 Å². The topological polar surface area (TPSA) is 316 Å². The molecule has 0 fully saturated rings. The van der Waals surface area contributed by atoms with Crippen molar-refractivity contribution in [2.75, 3.05) is 37.6 Å². The third-order valence-corrected chi connectivity index (χ3v) is 11.4. The molecule has 0 bridgehead atoms. The molecule has 4 rings (SSSR count). The number of hydrogen-bond donors (Lipinski definition) is 2. The molecule has 0 amide bonds. The first-order chi connectivity index (χ1) is 25.9.